The molecule has 0 radical (unpaired) electrons. The summed E-state index contributed by atoms with van der Waals surface area (Å²) in [7, 11) is 0. The third-order valence-corrected chi connectivity index (χ3v) is 3.98. The minimum absolute atomic E-state index is 0.137. The van der Waals surface area contributed by atoms with Gasteiger partial charge in [0.05, 0.1) is 12.2 Å². The van der Waals surface area contributed by atoms with Crippen molar-refractivity contribution in [1.82, 2.24) is 5.32 Å². The maximum Gasteiger partial charge on any atom is 0.416 e. The van der Waals surface area contributed by atoms with Crippen molar-refractivity contribution in [2.75, 3.05) is 13.2 Å². The van der Waals surface area contributed by atoms with Gasteiger partial charge in [0.2, 0.25) is 0 Å². The van der Waals surface area contributed by atoms with Gasteiger partial charge in [-0.1, -0.05) is 18.2 Å². The Morgan fingerprint density at radius 2 is 1.83 bits per heavy atom. The van der Waals surface area contributed by atoms with E-state index in [4.69, 9.17) is 4.74 Å². The molecule has 0 aromatic heterocycles. The quantitative estimate of drug-likeness (QED) is 0.929. The summed E-state index contributed by atoms with van der Waals surface area (Å²) in [5.41, 5.74) is 0.536. The summed E-state index contributed by atoms with van der Waals surface area (Å²) < 4.78 is 43.2. The van der Waals surface area contributed by atoms with Gasteiger partial charge in [-0.2, -0.15) is 13.2 Å². The fraction of sp³-hybridized carbons (Fsp3) is 0.278. The van der Waals surface area contributed by atoms with E-state index < -0.39 is 11.7 Å². The lowest BCUT2D eigenvalue weighted by molar-refractivity contribution is -0.137. The highest BCUT2D eigenvalue weighted by molar-refractivity contribution is 5.94. The smallest absolute Gasteiger partial charge is 0.416 e. The van der Waals surface area contributed by atoms with Crippen molar-refractivity contribution >= 4 is 5.91 Å². The second-order valence-electron chi connectivity index (χ2n) is 5.77. The van der Waals surface area contributed by atoms with Crippen LogP contribution in [0.25, 0.3) is 0 Å². The highest BCUT2D eigenvalue weighted by atomic mass is 19.4. The van der Waals surface area contributed by atoms with Crippen molar-refractivity contribution in [1.29, 1.82) is 0 Å². The fourth-order valence-corrected chi connectivity index (χ4v) is 2.67. The second-order valence-corrected chi connectivity index (χ2v) is 5.77. The van der Waals surface area contributed by atoms with E-state index >= 15 is 0 Å². The Labute approximate surface area is 137 Å². The number of carbonyl (C=O) groups is 1. The zero-order chi connectivity index (χ0) is 17.2. The normalized spacial score (nSPS) is 16.9. The van der Waals surface area contributed by atoms with Crippen LogP contribution in [0.3, 0.4) is 0 Å². The number of ether oxygens (including phenoxy) is 1. The van der Waals surface area contributed by atoms with E-state index in [2.05, 4.69) is 5.32 Å². The van der Waals surface area contributed by atoms with Gasteiger partial charge in [-0.3, -0.25) is 4.79 Å². The minimum atomic E-state index is -4.40. The van der Waals surface area contributed by atoms with Crippen molar-refractivity contribution < 1.29 is 22.7 Å². The molecule has 6 heteroatoms. The van der Waals surface area contributed by atoms with E-state index in [-0.39, 0.29) is 17.4 Å². The molecule has 24 heavy (non-hydrogen) atoms. The first-order chi connectivity index (χ1) is 11.4. The largest absolute Gasteiger partial charge is 0.493 e. The number of nitrogens with one attached hydrogen (secondary N) is 1. The maximum absolute atomic E-state index is 12.5. The molecular weight excluding hydrogens is 319 g/mol. The summed E-state index contributed by atoms with van der Waals surface area (Å²) in [5.74, 6) is 0.615. The molecule has 0 aliphatic carbocycles. The van der Waals surface area contributed by atoms with Gasteiger partial charge in [0, 0.05) is 18.0 Å². The van der Waals surface area contributed by atoms with Crippen molar-refractivity contribution in [3.8, 4) is 5.75 Å². The molecule has 1 N–H and O–H groups in total. The van der Waals surface area contributed by atoms with Gasteiger partial charge >= 0.3 is 6.18 Å². The predicted octanol–water partition coefficient (Wildman–Crippen LogP) is 3.69. The van der Waals surface area contributed by atoms with Gasteiger partial charge in [-0.05, 0) is 42.3 Å². The number of rotatable bonds is 3. The van der Waals surface area contributed by atoms with E-state index in [0.717, 1.165) is 29.9 Å². The number of alkyl halides is 3. The Balaban J connectivity index is 1.56. The lowest BCUT2D eigenvalue weighted by atomic mass is 9.96. The molecule has 2 aromatic carbocycles. The standard InChI is InChI=1S/C18H16F3NO2/c19-18(20,21)15-7-5-13(6-8-15)17(23)22-10-12-9-14-3-1-2-4-16(14)24-11-12/h1-8,12H,9-11H2,(H,22,23)/t12-/m1/s1. The van der Waals surface area contributed by atoms with Gasteiger partial charge in [-0.25, -0.2) is 0 Å². The van der Waals surface area contributed by atoms with E-state index in [1.165, 1.54) is 12.1 Å². The molecule has 1 aliphatic heterocycles. The molecule has 2 aromatic rings. The van der Waals surface area contributed by atoms with Crippen molar-refractivity contribution in [2.45, 2.75) is 12.6 Å². The molecule has 1 heterocycles. The predicted molar refractivity (Wildman–Crippen MR) is 82.9 cm³/mol. The van der Waals surface area contributed by atoms with Crippen molar-refractivity contribution in [3.63, 3.8) is 0 Å². The van der Waals surface area contributed by atoms with E-state index in [0.29, 0.717) is 13.2 Å². The molecular formula is C18H16F3NO2. The van der Waals surface area contributed by atoms with E-state index in [1.807, 2.05) is 24.3 Å². The zero-order valence-electron chi connectivity index (χ0n) is 12.8. The Kier molecular flexibility index (Phi) is 4.46. The van der Waals surface area contributed by atoms with Crippen molar-refractivity contribution in [2.24, 2.45) is 5.92 Å². The highest BCUT2D eigenvalue weighted by Crippen LogP contribution is 2.29. The Bertz CT molecular complexity index is 726. The molecule has 126 valence electrons. The number of benzene rings is 2. The minimum Gasteiger partial charge on any atom is -0.493 e. The average Bonchev–Trinajstić information content (AvgIpc) is 2.59. The van der Waals surface area contributed by atoms with Gasteiger partial charge in [0.1, 0.15) is 5.75 Å². The van der Waals surface area contributed by atoms with Crippen LogP contribution in [-0.4, -0.2) is 19.1 Å². The van der Waals surface area contributed by atoms with Crippen LogP contribution in [-0.2, 0) is 12.6 Å². The topological polar surface area (TPSA) is 38.3 Å². The molecule has 0 bridgehead atoms. The molecule has 1 aliphatic rings. The number of para-hydroxylation sites is 1. The first-order valence-electron chi connectivity index (χ1n) is 7.59. The van der Waals surface area contributed by atoms with Crippen LogP contribution in [0.4, 0.5) is 13.2 Å². The number of halogens is 3. The Morgan fingerprint density at radius 3 is 2.54 bits per heavy atom. The molecule has 3 nitrogen and oxygen atoms in total. The van der Waals surface area contributed by atoms with Crippen LogP contribution >= 0.6 is 0 Å². The second kappa shape index (κ2) is 6.55. The number of fused-ring (bicyclic) bond motifs is 1. The SMILES string of the molecule is O=C(NC[C@@H]1COc2ccccc2C1)c1ccc(C(F)(F)F)cc1. The van der Waals surface area contributed by atoms with Gasteiger partial charge in [-0.15, -0.1) is 0 Å². The molecule has 0 spiro atoms. The van der Waals surface area contributed by atoms with E-state index in [1.54, 1.807) is 0 Å². The summed E-state index contributed by atoms with van der Waals surface area (Å²) in [6.07, 6.45) is -3.61. The third kappa shape index (κ3) is 3.69. The zero-order valence-corrected chi connectivity index (χ0v) is 12.8. The summed E-state index contributed by atoms with van der Waals surface area (Å²) in [5, 5.41) is 2.76. The fourth-order valence-electron chi connectivity index (χ4n) is 2.67. The first kappa shape index (κ1) is 16.4. The van der Waals surface area contributed by atoms with Gasteiger partial charge in [0.15, 0.2) is 0 Å². The molecule has 0 fully saturated rings. The molecule has 0 unspecified atom stereocenters. The Hall–Kier alpha value is -2.50. The van der Waals surface area contributed by atoms with Crippen LogP contribution in [0.1, 0.15) is 21.5 Å². The van der Waals surface area contributed by atoms with Crippen molar-refractivity contribution in [3.05, 3.63) is 65.2 Å². The molecule has 0 saturated carbocycles. The van der Waals surface area contributed by atoms with Crippen LogP contribution in [0.15, 0.2) is 48.5 Å². The van der Waals surface area contributed by atoms with Gasteiger partial charge in [0.25, 0.3) is 5.91 Å². The highest BCUT2D eigenvalue weighted by Gasteiger charge is 2.30. The molecule has 1 atom stereocenters. The monoisotopic (exact) mass is 335 g/mol. The molecule has 3 rings (SSSR count). The summed E-state index contributed by atoms with van der Waals surface area (Å²) in [6.45, 7) is 0.915. The van der Waals surface area contributed by atoms with Gasteiger partial charge < -0.3 is 10.1 Å². The summed E-state index contributed by atoms with van der Waals surface area (Å²) >= 11 is 0. The lowest BCUT2D eigenvalue weighted by Gasteiger charge is -2.25. The summed E-state index contributed by atoms with van der Waals surface area (Å²) in [6, 6.07) is 11.9. The number of hydrogen-bond acceptors (Lipinski definition) is 2. The van der Waals surface area contributed by atoms with Crippen LogP contribution in [0.5, 0.6) is 5.75 Å². The maximum atomic E-state index is 12.5. The van der Waals surface area contributed by atoms with E-state index in [9.17, 15) is 18.0 Å². The summed E-state index contributed by atoms with van der Waals surface area (Å²) in [4.78, 5) is 12.1. The van der Waals surface area contributed by atoms with Crippen LogP contribution in [0.2, 0.25) is 0 Å². The Morgan fingerprint density at radius 1 is 1.12 bits per heavy atom. The number of carbonyl (C=O) groups excluding carboxylic acids is 1. The molecule has 1 amide bonds. The number of hydrogen-bond donors (Lipinski definition) is 1. The average molecular weight is 335 g/mol. The first-order valence-corrected chi connectivity index (χ1v) is 7.59. The molecule has 0 saturated heterocycles. The van der Waals surface area contributed by atoms with Crippen LogP contribution < -0.4 is 10.1 Å². The number of amides is 1. The van der Waals surface area contributed by atoms with Crippen LogP contribution in [0, 0.1) is 5.92 Å². The third-order valence-electron chi connectivity index (χ3n) is 3.98. The lowest BCUT2D eigenvalue weighted by Crippen LogP contribution is -2.34.